The van der Waals surface area contributed by atoms with Crippen molar-refractivity contribution in [1.29, 1.82) is 0 Å². The third kappa shape index (κ3) is 4.25. The molecule has 2 aliphatic heterocycles. The fraction of sp³-hybridized carbons (Fsp3) is 0.323. The first kappa shape index (κ1) is 26.6. The summed E-state index contributed by atoms with van der Waals surface area (Å²) in [6.07, 6.45) is 4.46. The van der Waals surface area contributed by atoms with Crippen LogP contribution in [0.3, 0.4) is 0 Å². The summed E-state index contributed by atoms with van der Waals surface area (Å²) in [7, 11) is 0. The van der Waals surface area contributed by atoms with Gasteiger partial charge in [-0.15, -0.1) is 0 Å². The van der Waals surface area contributed by atoms with Gasteiger partial charge in [-0.2, -0.15) is 4.98 Å². The number of benzene rings is 2. The van der Waals surface area contributed by atoms with Gasteiger partial charge >= 0.3 is 5.69 Å². The van der Waals surface area contributed by atoms with Gasteiger partial charge in [-0.1, -0.05) is 32.6 Å². The lowest BCUT2D eigenvalue weighted by molar-refractivity contribution is -0.126. The lowest BCUT2D eigenvalue weighted by atomic mass is 9.91. The van der Waals surface area contributed by atoms with Crippen molar-refractivity contribution in [2.45, 2.75) is 46.3 Å². The molecule has 0 aliphatic carbocycles. The molecule has 2 aliphatic rings. The van der Waals surface area contributed by atoms with E-state index in [0.29, 0.717) is 64.7 Å². The second-order valence-corrected chi connectivity index (χ2v) is 10.9. The highest BCUT2D eigenvalue weighted by Gasteiger charge is 2.33. The molecule has 1 saturated heterocycles. The molecule has 6 rings (SSSR count). The Balaban J connectivity index is 1.68. The molecule has 1 atom stereocenters. The van der Waals surface area contributed by atoms with Crippen molar-refractivity contribution in [3.63, 3.8) is 0 Å². The summed E-state index contributed by atoms with van der Waals surface area (Å²) < 4.78 is 23.2. The maximum Gasteiger partial charge on any atom is 0.356 e. The zero-order valence-corrected chi connectivity index (χ0v) is 23.5. The van der Waals surface area contributed by atoms with Gasteiger partial charge in [-0.3, -0.25) is 9.78 Å². The Labute approximate surface area is 236 Å². The highest BCUT2D eigenvalue weighted by Crippen LogP contribution is 2.47. The monoisotopic (exact) mass is 554 g/mol. The van der Waals surface area contributed by atoms with Gasteiger partial charge in [0.2, 0.25) is 5.91 Å². The predicted molar refractivity (Wildman–Crippen MR) is 155 cm³/mol. The quantitative estimate of drug-likeness (QED) is 0.342. The van der Waals surface area contributed by atoms with Crippen molar-refractivity contribution in [1.82, 2.24) is 24.4 Å². The van der Waals surface area contributed by atoms with Crippen LogP contribution >= 0.6 is 0 Å². The van der Waals surface area contributed by atoms with Crippen LogP contribution < -0.4 is 15.3 Å². The van der Waals surface area contributed by atoms with Gasteiger partial charge < -0.3 is 14.5 Å². The molecule has 0 N–H and O–H groups in total. The van der Waals surface area contributed by atoms with E-state index in [4.69, 9.17) is 4.74 Å². The molecule has 41 heavy (non-hydrogen) atoms. The molecule has 0 radical (unpaired) electrons. The van der Waals surface area contributed by atoms with Crippen LogP contribution in [-0.2, 0) is 11.4 Å². The van der Waals surface area contributed by atoms with Gasteiger partial charge in [-0.05, 0) is 43.5 Å². The number of hydrogen-bond acceptors (Lipinski definition) is 7. The number of halogens is 1. The number of aromatic nitrogens is 4. The van der Waals surface area contributed by atoms with E-state index in [1.165, 1.54) is 16.7 Å². The largest absolute Gasteiger partial charge is 0.486 e. The maximum absolute atomic E-state index is 15.3. The van der Waals surface area contributed by atoms with E-state index in [1.807, 2.05) is 44.7 Å². The summed E-state index contributed by atoms with van der Waals surface area (Å²) in [5, 5.41) is 0.677. The van der Waals surface area contributed by atoms with Gasteiger partial charge in [0.05, 0.1) is 5.69 Å². The van der Waals surface area contributed by atoms with E-state index in [2.05, 4.69) is 21.5 Å². The number of amides is 1. The molecule has 0 spiro atoms. The minimum atomic E-state index is -0.541. The van der Waals surface area contributed by atoms with Crippen molar-refractivity contribution < 1.29 is 13.9 Å². The molecule has 2 aromatic heterocycles. The predicted octanol–water partition coefficient (Wildman–Crippen LogP) is 4.53. The lowest BCUT2D eigenvalue weighted by Crippen LogP contribution is -2.54. The van der Waals surface area contributed by atoms with Crippen LogP contribution in [0.25, 0.3) is 27.8 Å². The molecule has 210 valence electrons. The molecular formula is C31H31FN6O3. The van der Waals surface area contributed by atoms with Crippen molar-refractivity contribution in [3.8, 4) is 22.7 Å². The number of fused-ring (bicyclic) bond motifs is 5. The molecular weight excluding hydrogens is 523 g/mol. The van der Waals surface area contributed by atoms with E-state index < -0.39 is 5.69 Å². The lowest BCUT2D eigenvalue weighted by Gasteiger charge is -2.40. The minimum Gasteiger partial charge on any atom is -0.486 e. The Bertz CT molecular complexity index is 1780. The minimum absolute atomic E-state index is 0.0313. The molecule has 0 saturated carbocycles. The molecule has 9 nitrogen and oxygen atoms in total. The molecule has 0 bridgehead atoms. The molecule has 4 aromatic rings. The van der Waals surface area contributed by atoms with Gasteiger partial charge in [-0.25, -0.2) is 18.7 Å². The number of nitrogens with zero attached hydrogens (tertiary/aromatic N) is 6. The van der Waals surface area contributed by atoms with Crippen molar-refractivity contribution in [2.24, 2.45) is 0 Å². The number of piperazine rings is 1. The Morgan fingerprint density at radius 3 is 2.68 bits per heavy atom. The van der Waals surface area contributed by atoms with E-state index in [1.54, 1.807) is 23.4 Å². The van der Waals surface area contributed by atoms with Crippen molar-refractivity contribution >= 4 is 22.6 Å². The topological polar surface area (TPSA) is 93.5 Å². The number of carbonyl (C=O) groups is 1. The second-order valence-electron chi connectivity index (χ2n) is 10.9. The SMILES string of the molecule is C=CC(=O)N1CCN(c2nc(=O)n(-c3nccnc3C(C)C)c3c4c(c(C)cc23)-c2c(F)cccc2CO4)[C@@H](C)C1. The van der Waals surface area contributed by atoms with Gasteiger partial charge in [0.1, 0.15) is 23.8 Å². The Hall–Kier alpha value is -4.60. The van der Waals surface area contributed by atoms with Gasteiger partial charge in [0.15, 0.2) is 11.6 Å². The molecule has 1 amide bonds. The summed E-state index contributed by atoms with van der Waals surface area (Å²) in [5.41, 5.74) is 3.16. The van der Waals surface area contributed by atoms with Crippen LogP contribution in [-0.4, -0.2) is 56.0 Å². The summed E-state index contributed by atoms with van der Waals surface area (Å²) in [5.74, 6) is 0.746. The summed E-state index contributed by atoms with van der Waals surface area (Å²) >= 11 is 0. The van der Waals surface area contributed by atoms with Crippen molar-refractivity contribution in [3.05, 3.63) is 82.4 Å². The number of rotatable bonds is 4. The van der Waals surface area contributed by atoms with E-state index in [0.717, 1.165) is 11.1 Å². The fourth-order valence-electron chi connectivity index (χ4n) is 5.97. The Morgan fingerprint density at radius 1 is 1.17 bits per heavy atom. The zero-order valence-electron chi connectivity index (χ0n) is 23.5. The number of hydrogen-bond donors (Lipinski definition) is 0. The number of aryl methyl sites for hydroxylation is 1. The van der Waals surface area contributed by atoms with Crippen LogP contribution in [0.5, 0.6) is 5.75 Å². The average molecular weight is 555 g/mol. The first-order valence-electron chi connectivity index (χ1n) is 13.7. The first-order valence-corrected chi connectivity index (χ1v) is 13.7. The molecule has 4 heterocycles. The normalized spacial score (nSPS) is 16.4. The number of carbonyl (C=O) groups excluding carboxylic acids is 1. The second kappa shape index (κ2) is 10.1. The van der Waals surface area contributed by atoms with E-state index >= 15 is 4.39 Å². The zero-order chi connectivity index (χ0) is 29.0. The fourth-order valence-corrected chi connectivity index (χ4v) is 5.97. The van der Waals surface area contributed by atoms with Crippen LogP contribution in [0.1, 0.15) is 43.5 Å². The van der Waals surface area contributed by atoms with Crippen LogP contribution in [0.2, 0.25) is 0 Å². The average Bonchev–Trinajstić information content (AvgIpc) is 2.96. The number of ether oxygens (including phenoxy) is 1. The van der Waals surface area contributed by atoms with E-state index in [-0.39, 0.29) is 30.3 Å². The third-order valence-corrected chi connectivity index (χ3v) is 7.88. The number of anilines is 1. The Kier molecular flexibility index (Phi) is 6.56. The molecule has 0 unspecified atom stereocenters. The van der Waals surface area contributed by atoms with E-state index in [9.17, 15) is 9.59 Å². The van der Waals surface area contributed by atoms with Crippen LogP contribution in [0, 0.1) is 12.7 Å². The summed E-state index contributed by atoms with van der Waals surface area (Å²) in [4.78, 5) is 43.8. The molecule has 10 heteroatoms. The van der Waals surface area contributed by atoms with Gasteiger partial charge in [0, 0.05) is 60.1 Å². The highest BCUT2D eigenvalue weighted by atomic mass is 19.1. The standard InChI is InChI=1S/C31H31FN6O3/c1-6-23(39)36-12-13-37(19(5)15-36)29-21-14-18(4)24-25-20(8-7-9-22(25)32)16-41-28(24)27(21)38(31(40)35-29)30-26(17(2)3)33-10-11-34-30/h6-11,14,17,19H,1,12-13,15-16H2,2-5H3/t19-/m0/s1. The van der Waals surface area contributed by atoms with Crippen LogP contribution in [0.4, 0.5) is 10.2 Å². The molecule has 2 aromatic carbocycles. The maximum atomic E-state index is 15.3. The van der Waals surface area contributed by atoms with Gasteiger partial charge in [0.25, 0.3) is 0 Å². The smallest absolute Gasteiger partial charge is 0.356 e. The summed E-state index contributed by atoms with van der Waals surface area (Å²) in [6, 6.07) is 6.77. The first-order chi connectivity index (χ1) is 19.7. The molecule has 1 fully saturated rings. The van der Waals surface area contributed by atoms with Crippen LogP contribution in [0.15, 0.2) is 54.1 Å². The third-order valence-electron chi connectivity index (χ3n) is 7.88. The highest BCUT2D eigenvalue weighted by molar-refractivity contribution is 6.01. The summed E-state index contributed by atoms with van der Waals surface area (Å²) in [6.45, 7) is 13.0. The van der Waals surface area contributed by atoms with Crippen molar-refractivity contribution in [2.75, 3.05) is 24.5 Å². The Morgan fingerprint density at radius 2 is 1.95 bits per heavy atom.